The van der Waals surface area contributed by atoms with Gasteiger partial charge in [0.25, 0.3) is 0 Å². The average molecular weight is 883 g/mol. The highest BCUT2D eigenvalue weighted by Crippen LogP contribution is 2.58. The zero-order valence-electron chi connectivity index (χ0n) is 32.3. The minimum atomic E-state index is -1.85. The molecule has 0 aromatic heterocycles. The molecule has 64 heavy (non-hydrogen) atoms. The van der Waals surface area contributed by atoms with Crippen LogP contribution in [0.15, 0.2) is 78.9 Å². The Kier molecular flexibility index (Phi) is 10.1. The Bertz CT molecular complexity index is 2860. The molecule has 14 N–H and O–H groups in total. The number of hydrogen-bond acceptors (Lipinski definition) is 20. The first-order valence-corrected chi connectivity index (χ1v) is 18.7. The third-order valence-corrected chi connectivity index (χ3v) is 10.7. The molecule has 20 nitrogen and oxygen atoms in total. The summed E-state index contributed by atoms with van der Waals surface area (Å²) in [6, 6.07) is 12.6. The van der Waals surface area contributed by atoms with E-state index in [-0.39, 0.29) is 33.6 Å². The number of phenols is 14. The largest absolute Gasteiger partial charge is 0.508 e. The quantitative estimate of drug-likeness (QED) is 0.0744. The van der Waals surface area contributed by atoms with Gasteiger partial charge >= 0.3 is 11.9 Å². The highest BCUT2D eigenvalue weighted by atomic mass is 16.6. The first-order valence-electron chi connectivity index (χ1n) is 18.7. The normalized spacial score (nSPS) is 18.7. The number of fused-ring (bicyclic) bond motifs is 2. The third-order valence-electron chi connectivity index (χ3n) is 10.7. The standard InChI is InChI=1S/C44H34O20/c45-19-11-26(51)34-32(12-19)61-40(16-2-4-22(47)25(50)6-16)42(64-44(60)18-9-30(55)38(58)31(56)10-18)36(34)35-27(52)14-23(48)20-13-33(62-43(59)17-7-28(53)37(57)29(54)8-17)39(63-41(20)35)15-1-3-21(46)24(49)5-15/h1-12,14,33,36,39-40,42,45-58H,13H2/t33?,36-,39-,40-,42?/m1/s1. The van der Waals surface area contributed by atoms with Crippen molar-refractivity contribution in [1.82, 2.24) is 0 Å². The van der Waals surface area contributed by atoms with Crippen molar-refractivity contribution in [3.8, 4) is 92.0 Å². The van der Waals surface area contributed by atoms with Crippen LogP contribution in [0.3, 0.4) is 0 Å². The van der Waals surface area contributed by atoms with Crippen molar-refractivity contribution in [2.24, 2.45) is 0 Å². The van der Waals surface area contributed by atoms with E-state index in [1.807, 2.05) is 0 Å². The fourth-order valence-electron chi connectivity index (χ4n) is 7.74. The van der Waals surface area contributed by atoms with Gasteiger partial charge in [-0.25, -0.2) is 9.59 Å². The van der Waals surface area contributed by atoms with Crippen LogP contribution in [0.2, 0.25) is 0 Å². The van der Waals surface area contributed by atoms with Gasteiger partial charge in [-0.15, -0.1) is 0 Å². The van der Waals surface area contributed by atoms with Gasteiger partial charge in [0.2, 0.25) is 0 Å². The van der Waals surface area contributed by atoms with Gasteiger partial charge in [-0.1, -0.05) is 12.1 Å². The number of esters is 2. The van der Waals surface area contributed by atoms with E-state index >= 15 is 0 Å². The molecule has 0 radical (unpaired) electrons. The molecule has 8 rings (SSSR count). The van der Waals surface area contributed by atoms with Gasteiger partial charge in [0.05, 0.1) is 17.0 Å². The molecule has 0 spiro atoms. The van der Waals surface area contributed by atoms with Gasteiger partial charge in [-0.3, -0.25) is 0 Å². The van der Waals surface area contributed by atoms with Crippen LogP contribution in [0.25, 0.3) is 0 Å². The molecule has 2 aliphatic rings. The number of carbonyl (C=O) groups is 2. The Hall–Kier alpha value is -8.94. The van der Waals surface area contributed by atoms with Gasteiger partial charge < -0.3 is 90.4 Å². The van der Waals surface area contributed by atoms with Crippen molar-refractivity contribution in [2.75, 3.05) is 0 Å². The van der Waals surface area contributed by atoms with Crippen LogP contribution in [0, 0.1) is 0 Å². The summed E-state index contributed by atoms with van der Waals surface area (Å²) in [6.45, 7) is 0. The van der Waals surface area contributed by atoms with Crippen LogP contribution in [0.5, 0.6) is 92.0 Å². The van der Waals surface area contributed by atoms with E-state index in [9.17, 15) is 81.1 Å². The number of ether oxygens (including phenoxy) is 4. The molecule has 0 fully saturated rings. The zero-order chi connectivity index (χ0) is 46.0. The lowest BCUT2D eigenvalue weighted by Crippen LogP contribution is -2.40. The van der Waals surface area contributed by atoms with Crippen LogP contribution in [-0.2, 0) is 15.9 Å². The molecule has 6 aromatic carbocycles. The Balaban J connectivity index is 1.34. The Morgan fingerprint density at radius 3 is 1.50 bits per heavy atom. The molecule has 0 saturated heterocycles. The second-order valence-electron chi connectivity index (χ2n) is 14.8. The fraction of sp³-hybridized carbons (Fsp3) is 0.136. The van der Waals surface area contributed by atoms with Crippen molar-refractivity contribution >= 4 is 11.9 Å². The zero-order valence-corrected chi connectivity index (χ0v) is 32.3. The molecule has 20 heteroatoms. The van der Waals surface area contributed by atoms with Gasteiger partial charge in [0.15, 0.2) is 75.8 Å². The van der Waals surface area contributed by atoms with E-state index < -0.39 is 146 Å². The lowest BCUT2D eigenvalue weighted by Gasteiger charge is -2.42. The van der Waals surface area contributed by atoms with E-state index in [2.05, 4.69) is 0 Å². The summed E-state index contributed by atoms with van der Waals surface area (Å²) < 4.78 is 24.6. The smallest absolute Gasteiger partial charge is 0.338 e. The summed E-state index contributed by atoms with van der Waals surface area (Å²) in [5.74, 6) is -15.6. The van der Waals surface area contributed by atoms with E-state index in [0.29, 0.717) is 0 Å². The molecule has 330 valence electrons. The van der Waals surface area contributed by atoms with Crippen LogP contribution < -0.4 is 9.47 Å². The fourth-order valence-corrected chi connectivity index (χ4v) is 7.74. The SMILES string of the molecule is O=C(OC1Cc2c(O)cc(O)c([C@H]3c4c(O)cc(O)cc4O[C@H](c4ccc(O)c(O)c4)C3OC(=O)c3cc(O)c(O)c(O)c3)c2O[C@@H]1c1ccc(O)c(O)c1)c1cc(O)c(O)c(O)c1. The van der Waals surface area contributed by atoms with Gasteiger partial charge in [-0.05, 0) is 48.5 Å². The molecule has 2 aliphatic heterocycles. The summed E-state index contributed by atoms with van der Waals surface area (Å²) in [6.07, 6.45) is -6.98. The lowest BCUT2D eigenvalue weighted by molar-refractivity contribution is -0.0303. The molecule has 2 unspecified atom stereocenters. The van der Waals surface area contributed by atoms with Crippen molar-refractivity contribution in [2.45, 2.75) is 36.8 Å². The molecular weight excluding hydrogens is 848 g/mol. The van der Waals surface area contributed by atoms with E-state index in [0.717, 1.165) is 66.7 Å². The van der Waals surface area contributed by atoms with Gasteiger partial charge in [-0.2, -0.15) is 0 Å². The Labute approximate surface area is 358 Å². The Morgan fingerprint density at radius 2 is 0.969 bits per heavy atom. The minimum absolute atomic E-state index is 0.0106. The summed E-state index contributed by atoms with van der Waals surface area (Å²) in [7, 11) is 0. The van der Waals surface area contributed by atoms with Crippen LogP contribution in [0.1, 0.15) is 66.7 Å². The summed E-state index contributed by atoms with van der Waals surface area (Å²) in [4.78, 5) is 27.6. The first-order chi connectivity index (χ1) is 30.3. The van der Waals surface area contributed by atoms with Crippen molar-refractivity contribution < 1.29 is 100 Å². The molecule has 6 aromatic rings. The van der Waals surface area contributed by atoms with E-state index in [4.69, 9.17) is 18.9 Å². The number of rotatable bonds is 7. The van der Waals surface area contributed by atoms with Gasteiger partial charge in [0, 0.05) is 52.4 Å². The van der Waals surface area contributed by atoms with Crippen LogP contribution in [-0.4, -0.2) is 95.6 Å². The Morgan fingerprint density at radius 1 is 0.469 bits per heavy atom. The molecular formula is C44H34O20. The monoisotopic (exact) mass is 882 g/mol. The molecule has 5 atom stereocenters. The summed E-state index contributed by atoms with van der Waals surface area (Å²) in [5, 5.41) is 147. The first kappa shape index (κ1) is 41.8. The van der Waals surface area contributed by atoms with Crippen molar-refractivity contribution in [3.63, 3.8) is 0 Å². The number of carbonyl (C=O) groups excluding carboxylic acids is 2. The second kappa shape index (κ2) is 15.5. The number of phenolic OH excluding ortho intramolecular Hbond substituents is 14. The molecule has 0 amide bonds. The topological polar surface area (TPSA) is 354 Å². The average Bonchev–Trinajstić information content (AvgIpc) is 3.23. The highest BCUT2D eigenvalue weighted by molar-refractivity contribution is 5.92. The van der Waals surface area contributed by atoms with Crippen molar-refractivity contribution in [1.29, 1.82) is 0 Å². The number of hydrogen-bond donors (Lipinski definition) is 14. The maximum atomic E-state index is 14.1. The maximum Gasteiger partial charge on any atom is 0.338 e. The second-order valence-corrected chi connectivity index (χ2v) is 14.8. The molecule has 0 bridgehead atoms. The highest BCUT2D eigenvalue weighted by Gasteiger charge is 2.49. The van der Waals surface area contributed by atoms with Crippen LogP contribution >= 0.6 is 0 Å². The molecule has 2 heterocycles. The summed E-state index contributed by atoms with van der Waals surface area (Å²) in [5.41, 5.74) is -1.85. The van der Waals surface area contributed by atoms with E-state index in [1.54, 1.807) is 0 Å². The summed E-state index contributed by atoms with van der Waals surface area (Å²) >= 11 is 0. The lowest BCUT2D eigenvalue weighted by atomic mass is 9.77. The van der Waals surface area contributed by atoms with Gasteiger partial charge in [0.1, 0.15) is 40.6 Å². The van der Waals surface area contributed by atoms with E-state index in [1.165, 1.54) is 12.1 Å². The molecule has 0 saturated carbocycles. The third kappa shape index (κ3) is 7.23. The number of benzene rings is 6. The molecule has 0 aliphatic carbocycles. The number of aromatic hydroxyl groups is 14. The predicted molar refractivity (Wildman–Crippen MR) is 213 cm³/mol. The van der Waals surface area contributed by atoms with Crippen LogP contribution in [0.4, 0.5) is 0 Å². The van der Waals surface area contributed by atoms with Crippen molar-refractivity contribution in [3.05, 3.63) is 118 Å². The predicted octanol–water partition coefficient (Wildman–Crippen LogP) is 4.96. The maximum absolute atomic E-state index is 14.1. The minimum Gasteiger partial charge on any atom is -0.508 e.